The summed E-state index contributed by atoms with van der Waals surface area (Å²) in [5.41, 5.74) is 0. The van der Waals surface area contributed by atoms with Gasteiger partial charge in [-0.1, -0.05) is 13.3 Å². The first kappa shape index (κ1) is 23.1. The molecular formula is C10H10F13N. The minimum Gasteiger partial charge on any atom is -0.253 e. The molecule has 14 heteroatoms. The van der Waals surface area contributed by atoms with E-state index in [9.17, 15) is 57.1 Å². The lowest BCUT2D eigenvalue weighted by Crippen LogP contribution is -2.72. The normalized spacial score (nSPS) is 15.8. The zero-order valence-electron chi connectivity index (χ0n) is 11.5. The Kier molecular flexibility index (Phi) is 6.15. The maximum atomic E-state index is 13.1. The molecule has 0 spiro atoms. The van der Waals surface area contributed by atoms with Gasteiger partial charge >= 0.3 is 35.9 Å². The van der Waals surface area contributed by atoms with Crippen LogP contribution in [0.5, 0.6) is 0 Å². The molecule has 1 nitrogen and oxygen atoms in total. The first-order valence-electron chi connectivity index (χ1n) is 6.02. The van der Waals surface area contributed by atoms with Crippen molar-refractivity contribution in [3.8, 4) is 0 Å². The van der Waals surface area contributed by atoms with Crippen molar-refractivity contribution in [2.45, 2.75) is 55.7 Å². The minimum absolute atomic E-state index is 0.0628. The molecule has 0 radical (unpaired) electrons. The SMILES string of the molecule is CCCCNC(F)(F)C(F)(F)C(F)(F)C(F)(F)C(F)(F)C(F)(F)F. The van der Waals surface area contributed by atoms with Crippen LogP contribution in [-0.4, -0.2) is 42.5 Å². The molecule has 0 heterocycles. The number of hydrogen-bond acceptors (Lipinski definition) is 1. The highest BCUT2D eigenvalue weighted by Crippen LogP contribution is 2.59. The van der Waals surface area contributed by atoms with Gasteiger partial charge < -0.3 is 0 Å². The lowest BCUT2D eigenvalue weighted by molar-refractivity contribution is -0.442. The van der Waals surface area contributed by atoms with Gasteiger partial charge in [0.15, 0.2) is 0 Å². The van der Waals surface area contributed by atoms with E-state index in [0.29, 0.717) is 5.32 Å². The number of rotatable bonds is 8. The van der Waals surface area contributed by atoms with Crippen LogP contribution in [0.25, 0.3) is 0 Å². The molecule has 0 rings (SSSR count). The average Bonchev–Trinajstić information content (AvgIpc) is 2.36. The van der Waals surface area contributed by atoms with Crippen LogP contribution < -0.4 is 5.32 Å². The first-order valence-corrected chi connectivity index (χ1v) is 6.02. The highest BCUT2D eigenvalue weighted by atomic mass is 19.4. The average molecular weight is 391 g/mol. The van der Waals surface area contributed by atoms with Gasteiger partial charge in [-0.05, 0) is 6.42 Å². The number of alkyl halides is 13. The van der Waals surface area contributed by atoms with Crippen LogP contribution in [0.2, 0.25) is 0 Å². The molecule has 0 unspecified atom stereocenters. The Bertz CT molecular complexity index is 425. The van der Waals surface area contributed by atoms with Gasteiger partial charge in [-0.15, -0.1) is 0 Å². The van der Waals surface area contributed by atoms with E-state index < -0.39 is 42.5 Å². The maximum absolute atomic E-state index is 13.1. The highest BCUT2D eigenvalue weighted by Gasteiger charge is 2.90. The van der Waals surface area contributed by atoms with Crippen LogP contribution in [0.1, 0.15) is 19.8 Å². The quantitative estimate of drug-likeness (QED) is 0.346. The lowest BCUT2D eigenvalue weighted by Gasteiger charge is -2.39. The van der Waals surface area contributed by atoms with Gasteiger partial charge in [-0.3, -0.25) is 5.32 Å². The molecule has 0 bridgehead atoms. The fourth-order valence-corrected chi connectivity index (χ4v) is 1.30. The molecule has 0 atom stereocenters. The van der Waals surface area contributed by atoms with Gasteiger partial charge in [0.05, 0.1) is 0 Å². The Morgan fingerprint density at radius 1 is 0.583 bits per heavy atom. The molecule has 0 aromatic rings. The zero-order valence-corrected chi connectivity index (χ0v) is 11.5. The second kappa shape index (κ2) is 6.41. The summed E-state index contributed by atoms with van der Waals surface area (Å²) in [6.07, 6.45) is -7.65. The van der Waals surface area contributed by atoms with E-state index in [0.717, 1.165) is 0 Å². The number of nitrogens with one attached hydrogen (secondary N) is 1. The van der Waals surface area contributed by atoms with Crippen molar-refractivity contribution < 1.29 is 57.1 Å². The fourth-order valence-electron chi connectivity index (χ4n) is 1.30. The second-order valence-corrected chi connectivity index (χ2v) is 4.65. The van der Waals surface area contributed by atoms with E-state index in [1.807, 2.05) is 0 Å². The van der Waals surface area contributed by atoms with Crippen LogP contribution in [0, 0.1) is 0 Å². The largest absolute Gasteiger partial charge is 0.460 e. The molecule has 0 fully saturated rings. The Labute approximate surface area is 126 Å². The summed E-state index contributed by atoms with van der Waals surface area (Å²) in [6.45, 7) is 0.223. The highest BCUT2D eigenvalue weighted by molar-refractivity contribution is 5.09. The zero-order chi connectivity index (χ0) is 19.8. The van der Waals surface area contributed by atoms with Crippen LogP contribution in [-0.2, 0) is 0 Å². The van der Waals surface area contributed by atoms with Gasteiger partial charge in [0.2, 0.25) is 0 Å². The summed E-state index contributed by atoms with van der Waals surface area (Å²) in [7, 11) is 0. The fraction of sp³-hybridized carbons (Fsp3) is 1.00. The maximum Gasteiger partial charge on any atom is 0.460 e. The summed E-state index contributed by atoms with van der Waals surface area (Å²) in [4.78, 5) is 0. The van der Waals surface area contributed by atoms with Gasteiger partial charge in [0, 0.05) is 6.54 Å². The predicted octanol–water partition coefficient (Wildman–Crippen LogP) is 5.07. The molecule has 0 aromatic carbocycles. The number of hydrogen-bond donors (Lipinski definition) is 1. The van der Waals surface area contributed by atoms with E-state index in [1.54, 1.807) is 0 Å². The van der Waals surface area contributed by atoms with Crippen LogP contribution >= 0.6 is 0 Å². The molecular weight excluding hydrogens is 381 g/mol. The third-order valence-electron chi connectivity index (χ3n) is 2.81. The van der Waals surface area contributed by atoms with Crippen molar-refractivity contribution in [3.63, 3.8) is 0 Å². The van der Waals surface area contributed by atoms with Gasteiger partial charge in [-0.2, -0.15) is 57.1 Å². The standard InChI is InChI=1S/C10H10F13N/c1-2-3-4-24-10(22,23)8(17,18)6(13,14)5(11,12)7(15,16)9(19,20)21/h24H,2-4H2,1H3. The lowest BCUT2D eigenvalue weighted by atomic mass is 9.96. The Morgan fingerprint density at radius 2 is 0.958 bits per heavy atom. The summed E-state index contributed by atoms with van der Waals surface area (Å²) in [5, 5.41) is 0.446. The first-order chi connectivity index (χ1) is 10.3. The summed E-state index contributed by atoms with van der Waals surface area (Å²) in [5.74, 6) is -30.5. The number of unbranched alkanes of at least 4 members (excludes halogenated alkanes) is 1. The number of halogens is 13. The predicted molar refractivity (Wildman–Crippen MR) is 53.7 cm³/mol. The van der Waals surface area contributed by atoms with Crippen LogP contribution in [0.4, 0.5) is 57.1 Å². The summed E-state index contributed by atoms with van der Waals surface area (Å²) in [6, 6.07) is -6.18. The van der Waals surface area contributed by atoms with Crippen molar-refractivity contribution >= 4 is 0 Å². The van der Waals surface area contributed by atoms with E-state index >= 15 is 0 Å². The van der Waals surface area contributed by atoms with Crippen LogP contribution in [0.15, 0.2) is 0 Å². The molecule has 0 aromatic heterocycles. The molecule has 0 aliphatic carbocycles. The summed E-state index contributed by atoms with van der Waals surface area (Å²) >= 11 is 0. The van der Waals surface area contributed by atoms with E-state index in [1.165, 1.54) is 6.92 Å². The molecule has 0 saturated carbocycles. The third-order valence-corrected chi connectivity index (χ3v) is 2.81. The van der Waals surface area contributed by atoms with Gasteiger partial charge in [0.25, 0.3) is 0 Å². The molecule has 1 N–H and O–H groups in total. The van der Waals surface area contributed by atoms with Crippen molar-refractivity contribution in [1.82, 2.24) is 5.32 Å². The van der Waals surface area contributed by atoms with Crippen LogP contribution in [0.3, 0.4) is 0 Å². The molecule has 0 saturated heterocycles. The van der Waals surface area contributed by atoms with Gasteiger partial charge in [0.1, 0.15) is 0 Å². The van der Waals surface area contributed by atoms with E-state index in [4.69, 9.17) is 0 Å². The smallest absolute Gasteiger partial charge is 0.253 e. The Hall–Kier alpha value is -0.950. The molecule has 0 aliphatic rings. The van der Waals surface area contributed by atoms with Crippen molar-refractivity contribution in [2.75, 3.05) is 6.54 Å². The van der Waals surface area contributed by atoms with Gasteiger partial charge in [-0.25, -0.2) is 0 Å². The molecule has 24 heavy (non-hydrogen) atoms. The van der Waals surface area contributed by atoms with E-state index in [2.05, 4.69) is 0 Å². The second-order valence-electron chi connectivity index (χ2n) is 4.65. The minimum atomic E-state index is -7.85. The Balaban J connectivity index is 5.92. The third kappa shape index (κ3) is 3.38. The van der Waals surface area contributed by atoms with Crippen molar-refractivity contribution in [3.05, 3.63) is 0 Å². The topological polar surface area (TPSA) is 12.0 Å². The Morgan fingerprint density at radius 3 is 1.29 bits per heavy atom. The van der Waals surface area contributed by atoms with E-state index in [-0.39, 0.29) is 12.8 Å². The summed E-state index contributed by atoms with van der Waals surface area (Å²) < 4.78 is 164. The molecule has 0 amide bonds. The molecule has 146 valence electrons. The van der Waals surface area contributed by atoms with Crippen molar-refractivity contribution in [2.24, 2.45) is 0 Å². The van der Waals surface area contributed by atoms with Crippen molar-refractivity contribution in [1.29, 1.82) is 0 Å². The molecule has 0 aliphatic heterocycles. The monoisotopic (exact) mass is 391 g/mol.